The molecule has 8 heteroatoms. The number of nitrogens with zero attached hydrogens (tertiary/aromatic N) is 4. The molecule has 1 saturated carbocycles. The number of amides is 2. The van der Waals surface area contributed by atoms with Crippen LogP contribution in [0.1, 0.15) is 37.7 Å². The van der Waals surface area contributed by atoms with Crippen LogP contribution in [0.25, 0.3) is 0 Å². The van der Waals surface area contributed by atoms with Crippen molar-refractivity contribution in [2.75, 3.05) is 32.7 Å². The van der Waals surface area contributed by atoms with Gasteiger partial charge in [-0.3, -0.25) is 14.6 Å². The second-order valence-electron chi connectivity index (χ2n) is 8.36. The van der Waals surface area contributed by atoms with Crippen LogP contribution in [0.4, 0.5) is 4.79 Å². The number of nitriles is 1. The van der Waals surface area contributed by atoms with E-state index in [0.717, 1.165) is 19.5 Å². The highest BCUT2D eigenvalue weighted by molar-refractivity contribution is 5.86. The number of carbonyl (C=O) groups excluding carboxylic acids is 1. The molecule has 0 aromatic heterocycles. The lowest BCUT2D eigenvalue weighted by Crippen LogP contribution is -2.49. The third-order valence-corrected chi connectivity index (χ3v) is 6.51. The van der Waals surface area contributed by atoms with E-state index in [1.807, 2.05) is 4.90 Å². The Morgan fingerprint density at radius 2 is 1.83 bits per heavy atom. The van der Waals surface area contributed by atoms with Gasteiger partial charge in [0.05, 0.1) is 18.2 Å². The minimum absolute atomic E-state index is 0.112. The van der Waals surface area contributed by atoms with E-state index in [1.54, 1.807) is 24.3 Å². The fraction of sp³-hybridized carbons (Fsp3) is 0.591. The van der Waals surface area contributed by atoms with Gasteiger partial charge in [-0.1, -0.05) is 6.42 Å². The molecular formula is C22H28N4O4. The molecule has 3 fully saturated rings. The quantitative estimate of drug-likeness (QED) is 0.814. The molecular weight excluding hydrogens is 384 g/mol. The van der Waals surface area contributed by atoms with Crippen molar-refractivity contribution in [1.29, 1.82) is 5.26 Å². The maximum atomic E-state index is 13.2. The lowest BCUT2D eigenvalue weighted by Gasteiger charge is -2.36. The van der Waals surface area contributed by atoms with E-state index in [2.05, 4.69) is 11.0 Å². The maximum absolute atomic E-state index is 13.2. The monoisotopic (exact) mass is 412 g/mol. The number of carbonyl (C=O) groups is 2. The van der Waals surface area contributed by atoms with Gasteiger partial charge in [0, 0.05) is 38.6 Å². The molecule has 1 aromatic carbocycles. The Balaban J connectivity index is 1.39. The number of benzene rings is 1. The summed E-state index contributed by atoms with van der Waals surface area (Å²) in [4.78, 5) is 30.5. The first-order valence-electron chi connectivity index (χ1n) is 10.7. The number of carboxylic acid groups (broad SMARTS) is 1. The molecule has 3 aliphatic rings. The van der Waals surface area contributed by atoms with Crippen LogP contribution in [0.5, 0.6) is 5.75 Å². The first kappa shape index (κ1) is 20.5. The van der Waals surface area contributed by atoms with Gasteiger partial charge in [-0.2, -0.15) is 5.26 Å². The molecule has 0 unspecified atom stereocenters. The fourth-order valence-corrected chi connectivity index (χ4v) is 4.61. The predicted octanol–water partition coefficient (Wildman–Crippen LogP) is 2.14. The average molecular weight is 412 g/mol. The summed E-state index contributed by atoms with van der Waals surface area (Å²) in [7, 11) is 0. The molecule has 2 saturated heterocycles. The van der Waals surface area contributed by atoms with E-state index in [0.29, 0.717) is 36.9 Å². The molecule has 2 heterocycles. The van der Waals surface area contributed by atoms with Gasteiger partial charge in [-0.15, -0.1) is 0 Å². The molecule has 0 spiro atoms. The van der Waals surface area contributed by atoms with Crippen LogP contribution < -0.4 is 4.74 Å². The highest BCUT2D eigenvalue weighted by atomic mass is 16.5. The Bertz CT molecular complexity index is 817. The van der Waals surface area contributed by atoms with Gasteiger partial charge < -0.3 is 14.7 Å². The zero-order chi connectivity index (χ0) is 21.1. The number of ether oxygens (including phenoxy) is 1. The van der Waals surface area contributed by atoms with E-state index in [4.69, 9.17) is 10.00 Å². The molecule has 2 atom stereocenters. The topological polar surface area (TPSA) is 97.1 Å². The number of hydrogen-bond donors (Lipinski definition) is 1. The number of likely N-dealkylation sites (tertiary alicyclic amines) is 1. The molecule has 8 nitrogen and oxygen atoms in total. The molecule has 2 amide bonds. The summed E-state index contributed by atoms with van der Waals surface area (Å²) in [6, 6.07) is 8.72. The molecule has 1 N–H and O–H groups in total. The first-order chi connectivity index (χ1) is 14.5. The number of rotatable bonds is 4. The Hall–Kier alpha value is -2.79. The van der Waals surface area contributed by atoms with Crippen molar-refractivity contribution < 1.29 is 19.4 Å². The molecule has 1 aromatic rings. The summed E-state index contributed by atoms with van der Waals surface area (Å²) >= 11 is 0. The third kappa shape index (κ3) is 4.36. The lowest BCUT2D eigenvalue weighted by molar-refractivity contribution is -0.135. The van der Waals surface area contributed by atoms with Crippen LogP contribution in [-0.2, 0) is 4.79 Å². The van der Waals surface area contributed by atoms with Gasteiger partial charge in [0.15, 0.2) is 0 Å². The Morgan fingerprint density at radius 3 is 2.47 bits per heavy atom. The second kappa shape index (κ2) is 8.92. The van der Waals surface area contributed by atoms with Gasteiger partial charge in [0.1, 0.15) is 17.9 Å². The summed E-state index contributed by atoms with van der Waals surface area (Å²) in [5.41, 5.74) is 0.533. The van der Waals surface area contributed by atoms with Crippen molar-refractivity contribution in [1.82, 2.24) is 14.7 Å². The molecule has 0 radical (unpaired) electrons. The minimum atomic E-state index is -1.09. The van der Waals surface area contributed by atoms with Crippen molar-refractivity contribution >= 4 is 12.0 Å². The van der Waals surface area contributed by atoms with Gasteiger partial charge >= 0.3 is 6.09 Å². The Kier molecular flexibility index (Phi) is 6.09. The zero-order valence-electron chi connectivity index (χ0n) is 17.1. The Morgan fingerprint density at radius 1 is 1.07 bits per heavy atom. The van der Waals surface area contributed by atoms with Gasteiger partial charge in [0.25, 0.3) is 0 Å². The summed E-state index contributed by atoms with van der Waals surface area (Å²) < 4.78 is 5.92. The van der Waals surface area contributed by atoms with Gasteiger partial charge in [-0.05, 0) is 43.5 Å². The maximum Gasteiger partial charge on any atom is 0.408 e. The van der Waals surface area contributed by atoms with Crippen molar-refractivity contribution in [2.45, 2.75) is 50.3 Å². The van der Waals surface area contributed by atoms with E-state index in [9.17, 15) is 14.7 Å². The standard InChI is InChI=1S/C22H28N4O4/c23-14-16-5-7-18(8-6-16)30-19-13-20(26(15-19)22(28)29)21(27)25-10-2-9-24(11-12-25)17-3-1-4-17/h5-8,17,19-20H,1-4,9-13,15H2,(H,28,29)/t19-,20-/m1/s1. The highest BCUT2D eigenvalue weighted by Gasteiger charge is 2.43. The van der Waals surface area contributed by atoms with Crippen LogP contribution in [0.3, 0.4) is 0 Å². The van der Waals surface area contributed by atoms with E-state index < -0.39 is 12.1 Å². The predicted molar refractivity (Wildman–Crippen MR) is 109 cm³/mol. The fourth-order valence-electron chi connectivity index (χ4n) is 4.61. The molecule has 4 rings (SSSR count). The molecule has 2 aliphatic heterocycles. The second-order valence-corrected chi connectivity index (χ2v) is 8.36. The van der Waals surface area contributed by atoms with E-state index in [-0.39, 0.29) is 18.6 Å². The summed E-state index contributed by atoms with van der Waals surface area (Å²) in [6.45, 7) is 3.36. The molecule has 1 aliphatic carbocycles. The summed E-state index contributed by atoms with van der Waals surface area (Å²) in [6.07, 6.45) is 3.57. The minimum Gasteiger partial charge on any atom is -0.488 e. The summed E-state index contributed by atoms with van der Waals surface area (Å²) in [5.74, 6) is 0.460. The van der Waals surface area contributed by atoms with E-state index >= 15 is 0 Å². The normalized spacial score (nSPS) is 25.3. The van der Waals surface area contributed by atoms with Crippen molar-refractivity contribution in [3.8, 4) is 11.8 Å². The average Bonchev–Trinajstić information content (AvgIpc) is 2.98. The van der Waals surface area contributed by atoms with Crippen LogP contribution in [0, 0.1) is 11.3 Å². The SMILES string of the molecule is N#Cc1ccc(O[C@@H]2C[C@H](C(=O)N3CCCN(C4CCC4)CC3)N(C(=O)O)C2)cc1. The van der Waals surface area contributed by atoms with Gasteiger partial charge in [0.2, 0.25) is 5.91 Å². The van der Waals surface area contributed by atoms with Crippen LogP contribution in [0.2, 0.25) is 0 Å². The smallest absolute Gasteiger partial charge is 0.408 e. The highest BCUT2D eigenvalue weighted by Crippen LogP contribution is 2.27. The number of hydrogen-bond acceptors (Lipinski definition) is 5. The molecule has 30 heavy (non-hydrogen) atoms. The largest absolute Gasteiger partial charge is 0.488 e. The van der Waals surface area contributed by atoms with Crippen molar-refractivity contribution in [3.05, 3.63) is 29.8 Å². The Labute approximate surface area is 176 Å². The van der Waals surface area contributed by atoms with E-state index in [1.165, 1.54) is 24.2 Å². The van der Waals surface area contributed by atoms with Gasteiger partial charge in [-0.25, -0.2) is 4.79 Å². The van der Waals surface area contributed by atoms with Crippen molar-refractivity contribution in [2.24, 2.45) is 0 Å². The van der Waals surface area contributed by atoms with Crippen LogP contribution >= 0.6 is 0 Å². The van der Waals surface area contributed by atoms with Crippen molar-refractivity contribution in [3.63, 3.8) is 0 Å². The zero-order valence-corrected chi connectivity index (χ0v) is 17.1. The van der Waals surface area contributed by atoms with Crippen LogP contribution in [-0.4, -0.2) is 82.7 Å². The summed E-state index contributed by atoms with van der Waals surface area (Å²) in [5, 5.41) is 18.6. The lowest BCUT2D eigenvalue weighted by atomic mass is 9.91. The third-order valence-electron chi connectivity index (χ3n) is 6.51. The molecule has 0 bridgehead atoms. The van der Waals surface area contributed by atoms with Crippen LogP contribution in [0.15, 0.2) is 24.3 Å². The first-order valence-corrected chi connectivity index (χ1v) is 10.7. The molecule has 160 valence electrons.